The fourth-order valence-corrected chi connectivity index (χ4v) is 1.77. The number of rotatable bonds is 3. The summed E-state index contributed by atoms with van der Waals surface area (Å²) < 4.78 is 6.53. The maximum Gasteiger partial charge on any atom is 0.332 e. The molecule has 0 aliphatic heterocycles. The van der Waals surface area contributed by atoms with Gasteiger partial charge in [0.25, 0.3) is 5.56 Å². The number of ether oxygens (including phenoxy) is 1. The summed E-state index contributed by atoms with van der Waals surface area (Å²) in [7, 11) is 0. The molecule has 2 aromatic rings. The van der Waals surface area contributed by atoms with Crippen LogP contribution >= 0.6 is 23.2 Å². The number of hydrogen-bond donors (Lipinski definition) is 1. The Bertz CT molecular complexity index is 704. The molecule has 0 spiro atoms. The molecule has 0 bridgehead atoms. The van der Waals surface area contributed by atoms with E-state index in [0.29, 0.717) is 10.8 Å². The third kappa shape index (κ3) is 3.00. The number of nitrogens with zero attached hydrogens (tertiary/aromatic N) is 1. The fraction of sp³-hybridized carbons (Fsp3) is 0.167. The van der Waals surface area contributed by atoms with Crippen LogP contribution in [0.3, 0.4) is 0 Å². The standard InChI is InChI=1S/C12H10Cl2N2O3/c1-7-10(14)16(12(18)15-11(7)17)6-19-9-4-2-8(13)3-5-9/h2-5H,6H2,1H3,(H,15,17,18). The average Bonchev–Trinajstić information content (AvgIpc) is 2.38. The summed E-state index contributed by atoms with van der Waals surface area (Å²) in [6.45, 7) is 1.43. The monoisotopic (exact) mass is 300 g/mol. The van der Waals surface area contributed by atoms with Gasteiger partial charge in [0.15, 0.2) is 6.73 Å². The average molecular weight is 301 g/mol. The second-order valence-corrected chi connectivity index (χ2v) is 4.62. The Morgan fingerprint density at radius 3 is 2.47 bits per heavy atom. The van der Waals surface area contributed by atoms with E-state index in [1.165, 1.54) is 6.92 Å². The third-order valence-corrected chi connectivity index (χ3v) is 3.27. The zero-order valence-corrected chi connectivity index (χ0v) is 11.5. The van der Waals surface area contributed by atoms with Crippen LogP contribution in [-0.2, 0) is 6.73 Å². The van der Waals surface area contributed by atoms with E-state index in [1.54, 1.807) is 24.3 Å². The summed E-state index contributed by atoms with van der Waals surface area (Å²) in [5.41, 5.74) is -0.853. The highest BCUT2D eigenvalue weighted by molar-refractivity contribution is 6.30. The van der Waals surface area contributed by atoms with Crippen molar-refractivity contribution in [1.82, 2.24) is 9.55 Å². The largest absolute Gasteiger partial charge is 0.473 e. The van der Waals surface area contributed by atoms with Crippen LogP contribution in [0.5, 0.6) is 5.75 Å². The molecule has 0 saturated heterocycles. The molecule has 100 valence electrons. The Hall–Kier alpha value is -1.72. The van der Waals surface area contributed by atoms with Crippen LogP contribution in [0.25, 0.3) is 0 Å². The van der Waals surface area contributed by atoms with Crippen LogP contribution < -0.4 is 16.0 Å². The summed E-state index contributed by atoms with van der Waals surface area (Å²) >= 11 is 11.7. The summed E-state index contributed by atoms with van der Waals surface area (Å²) in [5.74, 6) is 0.538. The first-order valence-corrected chi connectivity index (χ1v) is 6.12. The lowest BCUT2D eigenvalue weighted by atomic mass is 10.3. The topological polar surface area (TPSA) is 64.1 Å². The molecule has 0 aliphatic carbocycles. The van der Waals surface area contributed by atoms with Gasteiger partial charge in [-0.25, -0.2) is 9.36 Å². The van der Waals surface area contributed by atoms with Crippen molar-refractivity contribution >= 4 is 23.2 Å². The minimum absolute atomic E-state index is 0.0581. The predicted molar refractivity (Wildman–Crippen MR) is 73.1 cm³/mol. The minimum atomic E-state index is -0.616. The maximum atomic E-state index is 11.6. The smallest absolute Gasteiger partial charge is 0.332 e. The van der Waals surface area contributed by atoms with E-state index in [2.05, 4.69) is 4.98 Å². The number of aromatic nitrogens is 2. The molecule has 19 heavy (non-hydrogen) atoms. The number of aromatic amines is 1. The normalized spacial score (nSPS) is 10.5. The molecule has 0 amide bonds. The van der Waals surface area contributed by atoms with E-state index >= 15 is 0 Å². The van der Waals surface area contributed by atoms with Crippen molar-refractivity contribution in [3.63, 3.8) is 0 Å². The SMILES string of the molecule is Cc1c(Cl)n(COc2ccc(Cl)cc2)c(=O)[nH]c1=O. The second kappa shape index (κ2) is 5.50. The highest BCUT2D eigenvalue weighted by Crippen LogP contribution is 2.16. The molecule has 0 atom stereocenters. The van der Waals surface area contributed by atoms with Crippen LogP contribution in [0.1, 0.15) is 5.56 Å². The molecular weight excluding hydrogens is 291 g/mol. The van der Waals surface area contributed by atoms with Gasteiger partial charge in [-0.3, -0.25) is 9.78 Å². The van der Waals surface area contributed by atoms with E-state index in [0.717, 1.165) is 4.57 Å². The van der Waals surface area contributed by atoms with Gasteiger partial charge in [0.05, 0.1) is 0 Å². The van der Waals surface area contributed by atoms with Gasteiger partial charge in [0, 0.05) is 10.6 Å². The van der Waals surface area contributed by atoms with Crippen molar-refractivity contribution in [3.8, 4) is 5.75 Å². The van der Waals surface area contributed by atoms with E-state index in [9.17, 15) is 9.59 Å². The van der Waals surface area contributed by atoms with Gasteiger partial charge in [-0.15, -0.1) is 0 Å². The molecule has 0 unspecified atom stereocenters. The summed E-state index contributed by atoms with van der Waals surface area (Å²) in [6, 6.07) is 6.67. The first-order chi connectivity index (χ1) is 8.99. The lowest BCUT2D eigenvalue weighted by molar-refractivity contribution is 0.230. The van der Waals surface area contributed by atoms with E-state index in [4.69, 9.17) is 27.9 Å². The molecule has 5 nitrogen and oxygen atoms in total. The Kier molecular flexibility index (Phi) is 3.97. The molecule has 0 fully saturated rings. The van der Waals surface area contributed by atoms with Gasteiger partial charge >= 0.3 is 5.69 Å². The zero-order valence-electron chi connectivity index (χ0n) is 9.94. The van der Waals surface area contributed by atoms with Crippen molar-refractivity contribution in [2.45, 2.75) is 13.7 Å². The van der Waals surface area contributed by atoms with Crippen LogP contribution in [-0.4, -0.2) is 9.55 Å². The Morgan fingerprint density at radius 2 is 1.84 bits per heavy atom. The molecule has 2 rings (SSSR count). The predicted octanol–water partition coefficient (Wildman–Crippen LogP) is 2.19. The number of H-pyrrole nitrogens is 1. The molecule has 1 heterocycles. The van der Waals surface area contributed by atoms with Gasteiger partial charge in [-0.05, 0) is 31.2 Å². The Balaban J connectivity index is 2.25. The molecule has 0 aliphatic rings. The number of hydrogen-bond acceptors (Lipinski definition) is 3. The first kappa shape index (κ1) is 13.7. The highest BCUT2D eigenvalue weighted by atomic mass is 35.5. The van der Waals surface area contributed by atoms with Crippen LogP contribution in [0, 0.1) is 6.92 Å². The highest BCUT2D eigenvalue weighted by Gasteiger charge is 2.09. The number of halogens is 2. The summed E-state index contributed by atoms with van der Waals surface area (Å²) in [4.78, 5) is 25.1. The van der Waals surface area contributed by atoms with Crippen LogP contribution in [0.2, 0.25) is 10.2 Å². The molecule has 0 radical (unpaired) electrons. The maximum absolute atomic E-state index is 11.6. The lowest BCUT2D eigenvalue weighted by Gasteiger charge is -2.11. The van der Waals surface area contributed by atoms with E-state index in [-0.39, 0.29) is 17.4 Å². The molecular formula is C12H10Cl2N2O3. The molecule has 7 heteroatoms. The second-order valence-electron chi connectivity index (χ2n) is 3.83. The minimum Gasteiger partial charge on any atom is -0.473 e. The Labute approximate surface area is 118 Å². The molecule has 1 aromatic heterocycles. The lowest BCUT2D eigenvalue weighted by Crippen LogP contribution is -2.33. The zero-order chi connectivity index (χ0) is 14.0. The van der Waals surface area contributed by atoms with Crippen LogP contribution in [0.4, 0.5) is 0 Å². The van der Waals surface area contributed by atoms with Crippen molar-refractivity contribution in [2.75, 3.05) is 0 Å². The molecule has 1 N–H and O–H groups in total. The summed E-state index contributed by atoms with van der Waals surface area (Å²) in [6.07, 6.45) is 0. The number of nitrogens with one attached hydrogen (secondary N) is 1. The van der Waals surface area contributed by atoms with Gasteiger partial charge in [0.1, 0.15) is 10.9 Å². The van der Waals surface area contributed by atoms with Crippen molar-refractivity contribution in [1.29, 1.82) is 0 Å². The number of benzene rings is 1. The fourth-order valence-electron chi connectivity index (χ4n) is 1.43. The first-order valence-electron chi connectivity index (χ1n) is 5.36. The quantitative estimate of drug-likeness (QED) is 0.884. The van der Waals surface area contributed by atoms with E-state index < -0.39 is 11.2 Å². The third-order valence-electron chi connectivity index (χ3n) is 2.53. The van der Waals surface area contributed by atoms with Gasteiger partial charge in [-0.1, -0.05) is 23.2 Å². The van der Waals surface area contributed by atoms with Gasteiger partial charge in [-0.2, -0.15) is 0 Å². The van der Waals surface area contributed by atoms with Crippen molar-refractivity contribution in [2.24, 2.45) is 0 Å². The van der Waals surface area contributed by atoms with Gasteiger partial charge < -0.3 is 4.74 Å². The van der Waals surface area contributed by atoms with E-state index in [1.807, 2.05) is 0 Å². The molecule has 1 aromatic carbocycles. The van der Waals surface area contributed by atoms with Crippen molar-refractivity contribution < 1.29 is 4.74 Å². The molecule has 0 saturated carbocycles. The Morgan fingerprint density at radius 1 is 1.21 bits per heavy atom. The van der Waals surface area contributed by atoms with Crippen molar-refractivity contribution in [3.05, 3.63) is 60.8 Å². The van der Waals surface area contributed by atoms with Crippen LogP contribution in [0.15, 0.2) is 33.9 Å². The summed E-state index contributed by atoms with van der Waals surface area (Å²) in [5, 5.41) is 0.644. The van der Waals surface area contributed by atoms with Gasteiger partial charge in [0.2, 0.25) is 0 Å².